The summed E-state index contributed by atoms with van der Waals surface area (Å²) < 4.78 is 0. The van der Waals surface area contributed by atoms with E-state index in [1.165, 1.54) is 27.5 Å². The predicted octanol–water partition coefficient (Wildman–Crippen LogP) is 5.09. The summed E-state index contributed by atoms with van der Waals surface area (Å²) in [6.45, 7) is 12.8. The van der Waals surface area contributed by atoms with Gasteiger partial charge in [-0.25, -0.2) is 0 Å². The highest BCUT2D eigenvalue weighted by molar-refractivity contribution is 5.89. The van der Waals surface area contributed by atoms with Gasteiger partial charge in [-0.2, -0.15) is 0 Å². The summed E-state index contributed by atoms with van der Waals surface area (Å²) in [7, 11) is 0. The van der Waals surface area contributed by atoms with Gasteiger partial charge in [0.2, 0.25) is 0 Å². The van der Waals surface area contributed by atoms with Crippen LogP contribution in [0.3, 0.4) is 0 Å². The fourth-order valence-corrected chi connectivity index (χ4v) is 2.17. The van der Waals surface area contributed by atoms with Crippen LogP contribution in [0.4, 0.5) is 0 Å². The maximum absolute atomic E-state index is 3.87. The van der Waals surface area contributed by atoms with Crippen LogP contribution in [0.2, 0.25) is 0 Å². The first-order chi connectivity index (χ1) is 7.93. The Hall–Kier alpha value is -1.56. The standard InChI is InChI=1S/C17H20/c1-6-13-7-8-14-9-10-15(17(3,4)5)11-16(14)12(13)2/h6-11H,1H2,2-5H3. The van der Waals surface area contributed by atoms with Crippen molar-refractivity contribution in [2.24, 2.45) is 0 Å². The summed E-state index contributed by atoms with van der Waals surface area (Å²) in [5.74, 6) is 0. The van der Waals surface area contributed by atoms with Crippen LogP contribution in [0, 0.1) is 6.92 Å². The molecule has 0 aliphatic rings. The van der Waals surface area contributed by atoms with Crippen LogP contribution >= 0.6 is 0 Å². The molecule has 0 heterocycles. The SMILES string of the molecule is C=Cc1ccc2ccc(C(C)(C)C)cc2c1C. The quantitative estimate of drug-likeness (QED) is 0.633. The van der Waals surface area contributed by atoms with Gasteiger partial charge in [0, 0.05) is 0 Å². The van der Waals surface area contributed by atoms with Gasteiger partial charge in [0.25, 0.3) is 0 Å². The first-order valence-electron chi connectivity index (χ1n) is 6.10. The van der Waals surface area contributed by atoms with E-state index in [-0.39, 0.29) is 5.41 Å². The number of hydrogen-bond acceptors (Lipinski definition) is 0. The van der Waals surface area contributed by atoms with Gasteiger partial charge in [-0.05, 0) is 39.8 Å². The molecule has 0 amide bonds. The fourth-order valence-electron chi connectivity index (χ4n) is 2.17. The van der Waals surface area contributed by atoms with Crippen molar-refractivity contribution in [2.75, 3.05) is 0 Å². The Morgan fingerprint density at radius 3 is 2.29 bits per heavy atom. The van der Waals surface area contributed by atoms with Crippen molar-refractivity contribution in [2.45, 2.75) is 33.1 Å². The lowest BCUT2D eigenvalue weighted by Crippen LogP contribution is -2.10. The third kappa shape index (κ3) is 2.12. The fraction of sp³-hybridized carbons (Fsp3) is 0.294. The van der Waals surface area contributed by atoms with Gasteiger partial charge in [0.05, 0.1) is 0 Å². The Morgan fingerprint density at radius 1 is 1.06 bits per heavy atom. The monoisotopic (exact) mass is 224 g/mol. The Kier molecular flexibility index (Phi) is 2.82. The maximum Gasteiger partial charge on any atom is -0.0132 e. The van der Waals surface area contributed by atoms with Crippen molar-refractivity contribution in [1.82, 2.24) is 0 Å². The van der Waals surface area contributed by atoms with E-state index in [1.54, 1.807) is 0 Å². The molecule has 0 unspecified atom stereocenters. The molecule has 2 aromatic carbocycles. The van der Waals surface area contributed by atoms with E-state index >= 15 is 0 Å². The molecule has 88 valence electrons. The smallest absolute Gasteiger partial charge is 0.0132 e. The first kappa shape index (κ1) is 11.9. The molecule has 2 aromatic rings. The number of benzene rings is 2. The first-order valence-corrected chi connectivity index (χ1v) is 6.10. The molecule has 0 N–H and O–H groups in total. The largest absolute Gasteiger partial charge is 0.0985 e. The summed E-state index contributed by atoms with van der Waals surface area (Å²) in [5, 5.41) is 2.65. The topological polar surface area (TPSA) is 0 Å². The van der Waals surface area contributed by atoms with Crippen molar-refractivity contribution < 1.29 is 0 Å². The Morgan fingerprint density at radius 2 is 1.71 bits per heavy atom. The molecule has 0 nitrogen and oxygen atoms in total. The highest BCUT2D eigenvalue weighted by Gasteiger charge is 2.14. The van der Waals surface area contributed by atoms with Crippen LogP contribution in [0.25, 0.3) is 16.8 Å². The zero-order valence-electron chi connectivity index (χ0n) is 11.2. The summed E-state index contributed by atoms with van der Waals surface area (Å²) >= 11 is 0. The molecular weight excluding hydrogens is 204 g/mol. The average molecular weight is 224 g/mol. The summed E-state index contributed by atoms with van der Waals surface area (Å²) in [6.07, 6.45) is 1.93. The van der Waals surface area contributed by atoms with Gasteiger partial charge in [-0.3, -0.25) is 0 Å². The van der Waals surface area contributed by atoms with Crippen molar-refractivity contribution in [1.29, 1.82) is 0 Å². The van der Waals surface area contributed by atoms with E-state index in [0.29, 0.717) is 0 Å². The molecule has 0 aliphatic carbocycles. The molecule has 0 bridgehead atoms. The minimum atomic E-state index is 0.199. The second-order valence-electron chi connectivity index (χ2n) is 5.67. The van der Waals surface area contributed by atoms with E-state index < -0.39 is 0 Å². The molecule has 0 spiro atoms. The van der Waals surface area contributed by atoms with Crippen LogP contribution in [0.5, 0.6) is 0 Å². The number of aryl methyl sites for hydroxylation is 1. The van der Waals surface area contributed by atoms with E-state index in [9.17, 15) is 0 Å². The minimum absolute atomic E-state index is 0.199. The normalized spacial score (nSPS) is 11.8. The van der Waals surface area contributed by atoms with Crippen molar-refractivity contribution >= 4 is 16.8 Å². The van der Waals surface area contributed by atoms with Crippen LogP contribution < -0.4 is 0 Å². The molecule has 0 fully saturated rings. The van der Waals surface area contributed by atoms with Gasteiger partial charge >= 0.3 is 0 Å². The average Bonchev–Trinajstić information content (AvgIpc) is 2.28. The summed E-state index contributed by atoms with van der Waals surface area (Å²) in [4.78, 5) is 0. The Labute approximate surface area is 104 Å². The zero-order chi connectivity index (χ0) is 12.6. The Bertz CT molecular complexity index is 568. The van der Waals surface area contributed by atoms with Crippen molar-refractivity contribution in [3.05, 3.63) is 53.6 Å². The molecular formula is C17H20. The van der Waals surface area contributed by atoms with E-state index in [4.69, 9.17) is 0 Å². The van der Waals surface area contributed by atoms with E-state index in [2.05, 4.69) is 64.6 Å². The molecule has 2 rings (SSSR count). The summed E-state index contributed by atoms with van der Waals surface area (Å²) in [6, 6.07) is 11.1. The molecule has 0 radical (unpaired) electrons. The molecule has 0 aliphatic heterocycles. The van der Waals surface area contributed by atoms with E-state index in [1.807, 2.05) is 6.08 Å². The molecule has 0 atom stereocenters. The maximum atomic E-state index is 3.87. The Balaban J connectivity index is 2.75. The summed E-state index contributed by atoms with van der Waals surface area (Å²) in [5.41, 5.74) is 4.13. The molecule has 0 saturated carbocycles. The van der Waals surface area contributed by atoms with E-state index in [0.717, 1.165) is 0 Å². The molecule has 17 heavy (non-hydrogen) atoms. The van der Waals surface area contributed by atoms with Gasteiger partial charge < -0.3 is 0 Å². The molecule has 0 aromatic heterocycles. The van der Waals surface area contributed by atoms with Crippen molar-refractivity contribution in [3.8, 4) is 0 Å². The van der Waals surface area contributed by atoms with Crippen LogP contribution in [0.15, 0.2) is 36.9 Å². The second-order valence-corrected chi connectivity index (χ2v) is 5.67. The highest BCUT2D eigenvalue weighted by Crippen LogP contribution is 2.29. The lowest BCUT2D eigenvalue weighted by atomic mass is 9.85. The zero-order valence-corrected chi connectivity index (χ0v) is 11.2. The minimum Gasteiger partial charge on any atom is -0.0985 e. The number of rotatable bonds is 1. The lowest BCUT2D eigenvalue weighted by molar-refractivity contribution is 0.591. The third-order valence-corrected chi connectivity index (χ3v) is 3.42. The third-order valence-electron chi connectivity index (χ3n) is 3.42. The van der Waals surface area contributed by atoms with Crippen LogP contribution in [-0.4, -0.2) is 0 Å². The van der Waals surface area contributed by atoms with Gasteiger partial charge in [0.1, 0.15) is 0 Å². The molecule has 0 saturated heterocycles. The van der Waals surface area contributed by atoms with Gasteiger partial charge in [-0.1, -0.05) is 63.8 Å². The highest BCUT2D eigenvalue weighted by atomic mass is 14.2. The number of fused-ring (bicyclic) bond motifs is 1. The predicted molar refractivity (Wildman–Crippen MR) is 77.5 cm³/mol. The molecule has 0 heteroatoms. The lowest BCUT2D eigenvalue weighted by Gasteiger charge is -2.20. The van der Waals surface area contributed by atoms with Gasteiger partial charge in [0.15, 0.2) is 0 Å². The van der Waals surface area contributed by atoms with Gasteiger partial charge in [-0.15, -0.1) is 0 Å². The number of hydrogen-bond donors (Lipinski definition) is 0. The van der Waals surface area contributed by atoms with Crippen LogP contribution in [-0.2, 0) is 5.41 Å². The van der Waals surface area contributed by atoms with Crippen LogP contribution in [0.1, 0.15) is 37.5 Å². The second kappa shape index (κ2) is 4.03. The van der Waals surface area contributed by atoms with Crippen molar-refractivity contribution in [3.63, 3.8) is 0 Å².